The number of methoxy groups -OCH3 is 1. The van der Waals surface area contributed by atoms with Crippen LogP contribution >= 0.6 is 0 Å². The van der Waals surface area contributed by atoms with Crippen LogP contribution in [0.1, 0.15) is 18.1 Å². The molecule has 4 nitrogen and oxygen atoms in total. The van der Waals surface area contributed by atoms with E-state index in [-0.39, 0.29) is 23.5 Å². The maximum atomic E-state index is 14.2. The zero-order valence-corrected chi connectivity index (χ0v) is 13.9. The van der Waals surface area contributed by atoms with Crippen molar-refractivity contribution in [3.05, 3.63) is 71.8 Å². The van der Waals surface area contributed by atoms with Crippen LogP contribution in [0.2, 0.25) is 0 Å². The second kappa shape index (κ2) is 7.79. The quantitative estimate of drug-likeness (QED) is 0.548. The number of alkyl halides is 2. The van der Waals surface area contributed by atoms with Crippen molar-refractivity contribution in [1.29, 1.82) is 0 Å². The van der Waals surface area contributed by atoms with Crippen LogP contribution in [-0.2, 0) is 22.2 Å². The second-order valence-corrected chi connectivity index (χ2v) is 5.35. The van der Waals surface area contributed by atoms with Crippen molar-refractivity contribution >= 4 is 5.97 Å². The maximum absolute atomic E-state index is 14.2. The van der Waals surface area contributed by atoms with Crippen LogP contribution in [0.15, 0.2) is 60.7 Å². The molecule has 132 valence electrons. The van der Waals surface area contributed by atoms with E-state index < -0.39 is 12.1 Å². The molecule has 0 radical (unpaired) electrons. The molecular weight excluding hydrogens is 330 g/mol. The number of carbonyl (C=O) groups is 1. The minimum Gasteiger partial charge on any atom is -0.497 e. The highest BCUT2D eigenvalue weighted by atomic mass is 19.3. The Morgan fingerprint density at radius 1 is 1.04 bits per heavy atom. The maximum Gasteiger partial charge on any atom is 0.426 e. The lowest BCUT2D eigenvalue weighted by Crippen LogP contribution is -2.21. The summed E-state index contributed by atoms with van der Waals surface area (Å²) in [5.74, 6) is 0.0341. The van der Waals surface area contributed by atoms with Crippen LogP contribution in [0, 0.1) is 0 Å². The van der Waals surface area contributed by atoms with Crippen molar-refractivity contribution in [2.45, 2.75) is 19.6 Å². The fourth-order valence-corrected chi connectivity index (χ4v) is 1.92. The fourth-order valence-electron chi connectivity index (χ4n) is 1.92. The molecule has 0 aromatic heterocycles. The predicted octanol–water partition coefficient (Wildman–Crippen LogP) is 4.44. The number of rotatable bonds is 7. The molecule has 0 aliphatic rings. The predicted molar refractivity (Wildman–Crippen MR) is 88.6 cm³/mol. The fraction of sp³-hybridized carbons (Fsp3) is 0.211. The van der Waals surface area contributed by atoms with Gasteiger partial charge >= 0.3 is 12.1 Å². The van der Waals surface area contributed by atoms with Crippen LogP contribution in [-0.4, -0.2) is 13.1 Å². The molecule has 0 aliphatic heterocycles. The van der Waals surface area contributed by atoms with Gasteiger partial charge in [0.15, 0.2) is 0 Å². The molecule has 0 atom stereocenters. The van der Waals surface area contributed by atoms with Gasteiger partial charge in [0.1, 0.15) is 18.1 Å². The number of benzene rings is 2. The molecule has 0 heterocycles. The van der Waals surface area contributed by atoms with Crippen molar-refractivity contribution in [3.8, 4) is 11.5 Å². The molecule has 0 N–H and O–H groups in total. The topological polar surface area (TPSA) is 44.8 Å². The Labute approximate surface area is 144 Å². The molecule has 6 heteroatoms. The van der Waals surface area contributed by atoms with Crippen molar-refractivity contribution in [2.24, 2.45) is 0 Å². The molecule has 0 bridgehead atoms. The van der Waals surface area contributed by atoms with E-state index in [4.69, 9.17) is 14.2 Å². The molecule has 0 aliphatic carbocycles. The van der Waals surface area contributed by atoms with Gasteiger partial charge in [0.05, 0.1) is 12.7 Å². The Morgan fingerprint density at radius 3 is 2.12 bits per heavy atom. The minimum absolute atomic E-state index is 0.0170. The van der Waals surface area contributed by atoms with Crippen LogP contribution in [0.5, 0.6) is 11.5 Å². The lowest BCUT2D eigenvalue weighted by atomic mass is 10.1. The van der Waals surface area contributed by atoms with Crippen molar-refractivity contribution in [3.63, 3.8) is 0 Å². The van der Waals surface area contributed by atoms with Gasteiger partial charge in [-0.3, -0.25) is 0 Å². The molecule has 0 fully saturated rings. The molecule has 2 aromatic carbocycles. The monoisotopic (exact) mass is 348 g/mol. The van der Waals surface area contributed by atoms with Gasteiger partial charge < -0.3 is 14.2 Å². The lowest BCUT2D eigenvalue weighted by Gasteiger charge is -2.18. The Kier molecular flexibility index (Phi) is 5.75. The van der Waals surface area contributed by atoms with Gasteiger partial charge in [0.25, 0.3) is 0 Å². The Hall–Kier alpha value is -2.89. The molecule has 0 spiro atoms. The van der Waals surface area contributed by atoms with Gasteiger partial charge in [-0.1, -0.05) is 18.7 Å². The Balaban J connectivity index is 2.03. The molecule has 0 saturated heterocycles. The largest absolute Gasteiger partial charge is 0.497 e. The number of hydrogen-bond acceptors (Lipinski definition) is 4. The summed E-state index contributed by atoms with van der Waals surface area (Å²) in [4.78, 5) is 11.3. The Bertz CT molecular complexity index is 737. The van der Waals surface area contributed by atoms with E-state index in [2.05, 4.69) is 6.58 Å². The summed E-state index contributed by atoms with van der Waals surface area (Å²) in [6, 6.07) is 11.2. The van der Waals surface area contributed by atoms with E-state index in [1.807, 2.05) is 0 Å². The summed E-state index contributed by atoms with van der Waals surface area (Å²) >= 11 is 0. The number of halogens is 2. The average Bonchev–Trinajstić information content (AvgIpc) is 2.60. The highest BCUT2D eigenvalue weighted by molar-refractivity contribution is 5.86. The van der Waals surface area contributed by atoms with Crippen molar-refractivity contribution in [2.75, 3.05) is 7.11 Å². The smallest absolute Gasteiger partial charge is 0.426 e. The SMILES string of the molecule is C=C(C)C(=O)OCc1ccc(C(F)(F)Oc2ccc(OC)cc2)cc1. The van der Waals surface area contributed by atoms with E-state index in [1.165, 1.54) is 62.6 Å². The summed E-state index contributed by atoms with van der Waals surface area (Å²) in [5.41, 5.74) is 0.549. The van der Waals surface area contributed by atoms with Crippen molar-refractivity contribution in [1.82, 2.24) is 0 Å². The highest BCUT2D eigenvalue weighted by Crippen LogP contribution is 2.32. The number of ether oxygens (including phenoxy) is 3. The third-order valence-electron chi connectivity index (χ3n) is 3.31. The third kappa shape index (κ3) is 5.04. The van der Waals surface area contributed by atoms with Gasteiger partial charge in [-0.2, -0.15) is 8.78 Å². The first-order chi connectivity index (χ1) is 11.8. The van der Waals surface area contributed by atoms with E-state index in [0.29, 0.717) is 11.3 Å². The van der Waals surface area contributed by atoms with E-state index in [0.717, 1.165) is 0 Å². The molecule has 25 heavy (non-hydrogen) atoms. The summed E-state index contributed by atoms with van der Waals surface area (Å²) in [7, 11) is 1.49. The zero-order valence-electron chi connectivity index (χ0n) is 13.9. The normalized spacial score (nSPS) is 10.9. The van der Waals surface area contributed by atoms with Crippen LogP contribution in [0.25, 0.3) is 0 Å². The average molecular weight is 348 g/mol. The lowest BCUT2D eigenvalue weighted by molar-refractivity contribution is -0.185. The summed E-state index contributed by atoms with van der Waals surface area (Å²) in [6.45, 7) is 4.98. The van der Waals surface area contributed by atoms with E-state index >= 15 is 0 Å². The van der Waals surface area contributed by atoms with Gasteiger partial charge in [0.2, 0.25) is 0 Å². The summed E-state index contributed by atoms with van der Waals surface area (Å²) in [5, 5.41) is 0. The van der Waals surface area contributed by atoms with Crippen LogP contribution < -0.4 is 9.47 Å². The number of esters is 1. The number of hydrogen-bond donors (Lipinski definition) is 0. The van der Waals surface area contributed by atoms with Gasteiger partial charge in [0, 0.05) is 5.57 Å². The minimum atomic E-state index is -3.50. The third-order valence-corrected chi connectivity index (χ3v) is 3.31. The van der Waals surface area contributed by atoms with Crippen molar-refractivity contribution < 1.29 is 27.8 Å². The summed E-state index contributed by atoms with van der Waals surface area (Å²) in [6.07, 6.45) is -3.50. The molecule has 0 saturated carbocycles. The van der Waals surface area contributed by atoms with E-state index in [1.54, 1.807) is 0 Å². The molecule has 0 unspecified atom stereocenters. The molecule has 2 aromatic rings. The first-order valence-corrected chi connectivity index (χ1v) is 7.45. The van der Waals surface area contributed by atoms with Crippen LogP contribution in [0.3, 0.4) is 0 Å². The molecule has 2 rings (SSSR count). The van der Waals surface area contributed by atoms with Gasteiger partial charge in [-0.15, -0.1) is 0 Å². The summed E-state index contributed by atoms with van der Waals surface area (Å²) < 4.78 is 43.2. The highest BCUT2D eigenvalue weighted by Gasteiger charge is 2.34. The van der Waals surface area contributed by atoms with Crippen LogP contribution in [0.4, 0.5) is 8.78 Å². The molecular formula is C19H18F2O4. The standard InChI is InChI=1S/C19H18F2O4/c1-13(2)18(22)24-12-14-4-6-15(7-5-14)19(20,21)25-17-10-8-16(23-3)9-11-17/h4-11H,1,12H2,2-3H3. The zero-order chi connectivity index (χ0) is 18.4. The number of carbonyl (C=O) groups excluding carboxylic acids is 1. The second-order valence-electron chi connectivity index (χ2n) is 5.35. The Morgan fingerprint density at radius 2 is 1.60 bits per heavy atom. The molecule has 0 amide bonds. The van der Waals surface area contributed by atoms with E-state index in [9.17, 15) is 13.6 Å². The first-order valence-electron chi connectivity index (χ1n) is 7.45. The van der Waals surface area contributed by atoms with Gasteiger partial charge in [-0.05, 0) is 48.9 Å². The van der Waals surface area contributed by atoms with Gasteiger partial charge in [-0.25, -0.2) is 4.79 Å². The first kappa shape index (κ1) is 18.4.